The monoisotopic (exact) mass is 250 g/mol. The predicted molar refractivity (Wildman–Crippen MR) is 70.0 cm³/mol. The van der Waals surface area contributed by atoms with Crippen LogP contribution in [0.3, 0.4) is 0 Å². The van der Waals surface area contributed by atoms with Crippen LogP contribution in [0.4, 0.5) is 11.4 Å². The number of anilines is 2. The van der Waals surface area contributed by atoms with Crippen LogP contribution in [0.25, 0.3) is 0 Å². The van der Waals surface area contributed by atoms with Gasteiger partial charge >= 0.3 is 5.97 Å². The minimum atomic E-state index is -0.941. The zero-order valence-electron chi connectivity index (χ0n) is 10.6. The Morgan fingerprint density at radius 2 is 2.28 bits per heavy atom. The van der Waals surface area contributed by atoms with Crippen molar-refractivity contribution in [1.82, 2.24) is 0 Å². The van der Waals surface area contributed by atoms with Crippen LogP contribution < -0.4 is 10.6 Å². The molecule has 2 atom stereocenters. The molecule has 0 aromatic heterocycles. The molecule has 0 aliphatic carbocycles. The number of nitrogens with zero attached hydrogens (tertiary/aromatic N) is 1. The average molecular weight is 250 g/mol. The number of rotatable bonds is 3. The van der Waals surface area contributed by atoms with Crippen molar-refractivity contribution in [3.05, 3.63) is 23.8 Å². The predicted octanol–water partition coefficient (Wildman–Crippen LogP) is 1.58. The number of benzene rings is 1. The number of ether oxygens (including phenoxy) is 1. The van der Waals surface area contributed by atoms with Gasteiger partial charge < -0.3 is 20.5 Å². The second-order valence-electron chi connectivity index (χ2n) is 4.62. The highest BCUT2D eigenvalue weighted by Crippen LogP contribution is 2.29. The fourth-order valence-corrected chi connectivity index (χ4v) is 2.43. The van der Waals surface area contributed by atoms with E-state index in [1.165, 1.54) is 0 Å². The fraction of sp³-hybridized carbons (Fsp3) is 0.462. The first kappa shape index (κ1) is 12.7. The highest BCUT2D eigenvalue weighted by atomic mass is 16.5. The number of likely N-dealkylation sites (N-methyl/N-ethyl adjacent to an activating group) is 1. The number of nitrogen functional groups attached to an aromatic ring is 1. The molecule has 1 saturated heterocycles. The van der Waals surface area contributed by atoms with Gasteiger partial charge in [0.1, 0.15) is 0 Å². The van der Waals surface area contributed by atoms with E-state index in [2.05, 4.69) is 0 Å². The van der Waals surface area contributed by atoms with Crippen LogP contribution >= 0.6 is 0 Å². The number of carboxylic acid groups (broad SMARTS) is 1. The molecular formula is C13H18N2O3. The van der Waals surface area contributed by atoms with Crippen LogP contribution in [-0.4, -0.2) is 36.9 Å². The smallest absolute Gasteiger partial charge is 0.337 e. The Hall–Kier alpha value is -1.75. The van der Waals surface area contributed by atoms with Gasteiger partial charge in [-0.25, -0.2) is 4.79 Å². The summed E-state index contributed by atoms with van der Waals surface area (Å²) in [5.41, 5.74) is 7.22. The van der Waals surface area contributed by atoms with Crippen molar-refractivity contribution < 1.29 is 14.6 Å². The van der Waals surface area contributed by atoms with Crippen molar-refractivity contribution in [3.63, 3.8) is 0 Å². The third-order valence-corrected chi connectivity index (χ3v) is 3.47. The maximum absolute atomic E-state index is 11.2. The normalized spacial score (nSPS) is 23.0. The summed E-state index contributed by atoms with van der Waals surface area (Å²) in [7, 11) is 1.89. The summed E-state index contributed by atoms with van der Waals surface area (Å²) < 4.78 is 5.52. The molecule has 2 rings (SSSR count). The molecular weight excluding hydrogens is 232 g/mol. The summed E-state index contributed by atoms with van der Waals surface area (Å²) in [6, 6.07) is 5.04. The van der Waals surface area contributed by atoms with Gasteiger partial charge in [-0.05, 0) is 31.5 Å². The molecule has 2 unspecified atom stereocenters. The molecule has 0 amide bonds. The molecule has 3 N–H and O–H groups in total. The first-order valence-corrected chi connectivity index (χ1v) is 5.98. The molecule has 0 spiro atoms. The van der Waals surface area contributed by atoms with Gasteiger partial charge in [0.05, 0.1) is 23.4 Å². The molecule has 1 fully saturated rings. The van der Waals surface area contributed by atoms with Gasteiger partial charge in [-0.3, -0.25) is 0 Å². The zero-order chi connectivity index (χ0) is 13.3. The summed E-state index contributed by atoms with van der Waals surface area (Å²) in [6.45, 7) is 2.71. The van der Waals surface area contributed by atoms with Crippen molar-refractivity contribution in [1.29, 1.82) is 0 Å². The summed E-state index contributed by atoms with van der Waals surface area (Å²) in [5, 5.41) is 9.22. The Labute approximate surface area is 106 Å². The summed E-state index contributed by atoms with van der Waals surface area (Å²) in [4.78, 5) is 13.2. The first-order valence-electron chi connectivity index (χ1n) is 5.98. The van der Waals surface area contributed by atoms with E-state index < -0.39 is 5.97 Å². The maximum Gasteiger partial charge on any atom is 0.337 e. The van der Waals surface area contributed by atoms with Crippen LogP contribution in [0.15, 0.2) is 18.2 Å². The minimum Gasteiger partial charge on any atom is -0.478 e. The van der Waals surface area contributed by atoms with Gasteiger partial charge in [0, 0.05) is 19.3 Å². The second kappa shape index (κ2) is 4.86. The zero-order valence-corrected chi connectivity index (χ0v) is 10.6. The summed E-state index contributed by atoms with van der Waals surface area (Å²) in [5.74, 6) is -0.941. The molecule has 1 aromatic rings. The molecule has 1 aliphatic heterocycles. The largest absolute Gasteiger partial charge is 0.478 e. The van der Waals surface area contributed by atoms with E-state index in [1.54, 1.807) is 18.2 Å². The molecule has 98 valence electrons. The van der Waals surface area contributed by atoms with Gasteiger partial charge in [0.25, 0.3) is 0 Å². The molecule has 0 bridgehead atoms. The third kappa shape index (κ3) is 2.26. The lowest BCUT2D eigenvalue weighted by atomic mass is 10.1. The van der Waals surface area contributed by atoms with E-state index in [9.17, 15) is 9.90 Å². The molecule has 5 nitrogen and oxygen atoms in total. The molecule has 1 heterocycles. The van der Waals surface area contributed by atoms with E-state index in [4.69, 9.17) is 10.5 Å². The molecule has 0 saturated carbocycles. The molecule has 1 aliphatic rings. The van der Waals surface area contributed by atoms with Crippen LogP contribution in [0.5, 0.6) is 0 Å². The van der Waals surface area contributed by atoms with Gasteiger partial charge in [0.15, 0.2) is 0 Å². The van der Waals surface area contributed by atoms with Gasteiger partial charge in [0.2, 0.25) is 0 Å². The van der Waals surface area contributed by atoms with Gasteiger partial charge in [-0.2, -0.15) is 0 Å². The Morgan fingerprint density at radius 1 is 1.56 bits per heavy atom. The second-order valence-corrected chi connectivity index (χ2v) is 4.62. The van der Waals surface area contributed by atoms with Crippen molar-refractivity contribution >= 4 is 17.3 Å². The highest BCUT2D eigenvalue weighted by Gasteiger charge is 2.29. The minimum absolute atomic E-state index is 0.0954. The van der Waals surface area contributed by atoms with E-state index in [0.29, 0.717) is 18.0 Å². The third-order valence-electron chi connectivity index (χ3n) is 3.47. The van der Waals surface area contributed by atoms with E-state index in [1.807, 2.05) is 18.9 Å². The number of aromatic carboxylic acids is 1. The van der Waals surface area contributed by atoms with Gasteiger partial charge in [-0.1, -0.05) is 0 Å². The highest BCUT2D eigenvalue weighted by molar-refractivity contribution is 5.95. The van der Waals surface area contributed by atoms with E-state index >= 15 is 0 Å². The van der Waals surface area contributed by atoms with Crippen LogP contribution in [0.1, 0.15) is 23.7 Å². The van der Waals surface area contributed by atoms with Crippen molar-refractivity contribution in [2.45, 2.75) is 25.5 Å². The number of hydrogen-bond donors (Lipinski definition) is 2. The van der Waals surface area contributed by atoms with Crippen molar-refractivity contribution in [3.8, 4) is 0 Å². The molecule has 5 heteroatoms. The van der Waals surface area contributed by atoms with E-state index in [-0.39, 0.29) is 17.7 Å². The van der Waals surface area contributed by atoms with Crippen molar-refractivity contribution in [2.24, 2.45) is 0 Å². The van der Waals surface area contributed by atoms with Crippen LogP contribution in [-0.2, 0) is 4.74 Å². The van der Waals surface area contributed by atoms with E-state index in [0.717, 1.165) is 6.42 Å². The number of hydrogen-bond acceptors (Lipinski definition) is 4. The molecule has 1 aromatic carbocycles. The van der Waals surface area contributed by atoms with Crippen LogP contribution in [0, 0.1) is 0 Å². The average Bonchev–Trinajstić information content (AvgIpc) is 2.74. The maximum atomic E-state index is 11.2. The lowest BCUT2D eigenvalue weighted by Crippen LogP contribution is -2.37. The van der Waals surface area contributed by atoms with Crippen molar-refractivity contribution in [2.75, 3.05) is 24.3 Å². The lowest BCUT2D eigenvalue weighted by molar-refractivity contribution is 0.0697. The number of nitrogens with two attached hydrogens (primary N) is 1. The van der Waals surface area contributed by atoms with Gasteiger partial charge in [-0.15, -0.1) is 0 Å². The fourth-order valence-electron chi connectivity index (χ4n) is 2.43. The Kier molecular flexibility index (Phi) is 3.43. The Bertz CT molecular complexity index is 462. The first-order chi connectivity index (χ1) is 8.50. The topological polar surface area (TPSA) is 75.8 Å². The van der Waals surface area contributed by atoms with Crippen LogP contribution in [0.2, 0.25) is 0 Å². The summed E-state index contributed by atoms with van der Waals surface area (Å²) in [6.07, 6.45) is 0.990. The molecule has 0 radical (unpaired) electrons. The number of carboxylic acids is 1. The quantitative estimate of drug-likeness (QED) is 0.796. The SMILES string of the molecule is CC1OCCC1N(C)c1cc(N)ccc1C(=O)O. The lowest BCUT2D eigenvalue weighted by Gasteiger charge is -2.30. The Morgan fingerprint density at radius 3 is 2.83 bits per heavy atom. The molecule has 18 heavy (non-hydrogen) atoms. The number of carbonyl (C=O) groups is 1. The summed E-state index contributed by atoms with van der Waals surface area (Å²) >= 11 is 0. The standard InChI is InChI=1S/C13H18N2O3/c1-8-11(5-6-18-8)15(2)12-7-9(14)3-4-10(12)13(16)17/h3-4,7-8,11H,5-6,14H2,1-2H3,(H,16,17). The Balaban J connectivity index is 2.36.